The number of aromatic nitrogens is 2. The topological polar surface area (TPSA) is 66.9 Å². The zero-order chi connectivity index (χ0) is 15.4. The van der Waals surface area contributed by atoms with Gasteiger partial charge in [-0.3, -0.25) is 14.3 Å². The van der Waals surface area contributed by atoms with Crippen molar-refractivity contribution in [3.63, 3.8) is 0 Å². The van der Waals surface area contributed by atoms with Gasteiger partial charge in [-0.1, -0.05) is 19.4 Å². The van der Waals surface area contributed by atoms with Crippen molar-refractivity contribution in [1.82, 2.24) is 9.55 Å². The summed E-state index contributed by atoms with van der Waals surface area (Å²) in [7, 11) is 0. The van der Waals surface area contributed by atoms with E-state index < -0.39 is 0 Å². The molecule has 5 nitrogen and oxygen atoms in total. The molecule has 0 saturated heterocycles. The molecular formula is C16H21N3O2. The number of unbranched alkanes of at least 4 members (excludes halogenated alkanes) is 1. The van der Waals surface area contributed by atoms with Crippen molar-refractivity contribution in [2.24, 2.45) is 0 Å². The van der Waals surface area contributed by atoms with E-state index in [4.69, 9.17) is 0 Å². The Hall–Kier alpha value is -2.30. The second-order valence-electron chi connectivity index (χ2n) is 5.26. The van der Waals surface area contributed by atoms with Gasteiger partial charge in [0.15, 0.2) is 0 Å². The molecule has 1 aromatic heterocycles. The van der Waals surface area contributed by atoms with Gasteiger partial charge >= 0.3 is 5.69 Å². The van der Waals surface area contributed by atoms with E-state index >= 15 is 0 Å². The molecule has 0 aliphatic carbocycles. The first-order valence-electron chi connectivity index (χ1n) is 7.19. The molecule has 0 atom stereocenters. The number of anilines is 2. The van der Waals surface area contributed by atoms with Crippen molar-refractivity contribution in [2.75, 3.05) is 5.32 Å². The van der Waals surface area contributed by atoms with Crippen LogP contribution in [0.3, 0.4) is 0 Å². The minimum atomic E-state index is -0.373. The molecule has 0 bridgehead atoms. The number of H-pyrrole nitrogens is 1. The maximum atomic E-state index is 12.0. The standard InChI is InChI=1S/C16H21N3O2/c1-4-5-8-19-15(20)10-14(18-16(19)21)17-13-7-6-11(2)12(3)9-13/h6-7,9-10,17H,4-5,8H2,1-3H3,(H,18,21). The Kier molecular flexibility index (Phi) is 4.62. The fourth-order valence-electron chi connectivity index (χ4n) is 2.09. The first-order chi connectivity index (χ1) is 10.0. The molecule has 0 amide bonds. The highest BCUT2D eigenvalue weighted by atomic mass is 16.2. The number of aromatic amines is 1. The van der Waals surface area contributed by atoms with E-state index in [1.807, 2.05) is 39.0 Å². The maximum Gasteiger partial charge on any atom is 0.329 e. The molecule has 2 N–H and O–H groups in total. The van der Waals surface area contributed by atoms with Gasteiger partial charge in [0.2, 0.25) is 0 Å². The third-order valence-corrected chi connectivity index (χ3v) is 3.54. The van der Waals surface area contributed by atoms with Crippen molar-refractivity contribution in [3.05, 3.63) is 56.2 Å². The summed E-state index contributed by atoms with van der Waals surface area (Å²) in [5, 5.41) is 3.07. The van der Waals surface area contributed by atoms with Crippen LogP contribution in [0.5, 0.6) is 0 Å². The van der Waals surface area contributed by atoms with E-state index in [-0.39, 0.29) is 11.2 Å². The van der Waals surface area contributed by atoms with Gasteiger partial charge in [-0.15, -0.1) is 0 Å². The lowest BCUT2D eigenvalue weighted by Crippen LogP contribution is -2.34. The summed E-state index contributed by atoms with van der Waals surface area (Å²) in [6, 6.07) is 7.32. The lowest BCUT2D eigenvalue weighted by Gasteiger charge is -2.10. The molecule has 21 heavy (non-hydrogen) atoms. The third-order valence-electron chi connectivity index (χ3n) is 3.54. The predicted octanol–water partition coefficient (Wildman–Crippen LogP) is 2.70. The Morgan fingerprint density at radius 3 is 2.52 bits per heavy atom. The van der Waals surface area contributed by atoms with Crippen LogP contribution in [0, 0.1) is 13.8 Å². The van der Waals surface area contributed by atoms with E-state index in [1.165, 1.54) is 16.2 Å². The number of nitrogens with one attached hydrogen (secondary N) is 2. The molecule has 112 valence electrons. The molecule has 0 aliphatic rings. The van der Waals surface area contributed by atoms with E-state index in [1.54, 1.807) is 0 Å². The second kappa shape index (κ2) is 6.43. The van der Waals surface area contributed by atoms with Crippen LogP contribution in [0.2, 0.25) is 0 Å². The number of nitrogens with zero attached hydrogens (tertiary/aromatic N) is 1. The smallest absolute Gasteiger partial charge is 0.329 e. The van der Waals surface area contributed by atoms with E-state index in [0.717, 1.165) is 24.1 Å². The summed E-state index contributed by atoms with van der Waals surface area (Å²) in [6.07, 6.45) is 1.75. The van der Waals surface area contributed by atoms with Crippen LogP contribution >= 0.6 is 0 Å². The van der Waals surface area contributed by atoms with Gasteiger partial charge in [-0.25, -0.2) is 4.79 Å². The third kappa shape index (κ3) is 3.62. The summed E-state index contributed by atoms with van der Waals surface area (Å²) >= 11 is 0. The monoisotopic (exact) mass is 287 g/mol. The second-order valence-corrected chi connectivity index (χ2v) is 5.26. The molecule has 0 spiro atoms. The molecule has 1 aromatic carbocycles. The molecule has 0 aliphatic heterocycles. The summed E-state index contributed by atoms with van der Waals surface area (Å²) in [6.45, 7) is 6.53. The minimum absolute atomic E-state index is 0.279. The molecule has 0 saturated carbocycles. The molecule has 2 aromatic rings. The summed E-state index contributed by atoms with van der Waals surface area (Å²) in [4.78, 5) is 26.6. The zero-order valence-electron chi connectivity index (χ0n) is 12.7. The SMILES string of the molecule is CCCCn1c(=O)cc(Nc2ccc(C)c(C)c2)[nH]c1=O. The van der Waals surface area contributed by atoms with E-state index in [2.05, 4.69) is 10.3 Å². The molecule has 1 heterocycles. The van der Waals surface area contributed by atoms with Crippen LogP contribution in [0.1, 0.15) is 30.9 Å². The fraction of sp³-hybridized carbons (Fsp3) is 0.375. The van der Waals surface area contributed by atoms with Gasteiger partial charge in [-0.05, 0) is 43.5 Å². The number of benzene rings is 1. The highest BCUT2D eigenvalue weighted by molar-refractivity contribution is 5.57. The lowest BCUT2D eigenvalue weighted by molar-refractivity contribution is 0.584. The highest BCUT2D eigenvalue weighted by Crippen LogP contribution is 2.16. The quantitative estimate of drug-likeness (QED) is 0.888. The normalized spacial score (nSPS) is 10.6. The van der Waals surface area contributed by atoms with Crippen molar-refractivity contribution in [3.8, 4) is 0 Å². The Morgan fingerprint density at radius 2 is 1.90 bits per heavy atom. The average Bonchev–Trinajstić information content (AvgIpc) is 2.42. The van der Waals surface area contributed by atoms with Crippen molar-refractivity contribution < 1.29 is 0 Å². The number of hydrogen-bond acceptors (Lipinski definition) is 3. The summed E-state index contributed by atoms with van der Waals surface area (Å²) in [5.41, 5.74) is 2.54. The van der Waals surface area contributed by atoms with Crippen LogP contribution in [-0.2, 0) is 6.54 Å². The zero-order valence-corrected chi connectivity index (χ0v) is 12.7. The van der Waals surface area contributed by atoms with Crippen molar-refractivity contribution >= 4 is 11.5 Å². The first kappa shape index (κ1) is 15.1. The molecular weight excluding hydrogens is 266 g/mol. The Bertz CT molecular complexity index is 713. The Balaban J connectivity index is 2.27. The van der Waals surface area contributed by atoms with E-state index in [9.17, 15) is 9.59 Å². The molecule has 2 rings (SSSR count). The number of hydrogen-bond donors (Lipinski definition) is 2. The fourth-order valence-corrected chi connectivity index (χ4v) is 2.09. The van der Waals surface area contributed by atoms with Crippen molar-refractivity contribution in [2.45, 2.75) is 40.2 Å². The summed E-state index contributed by atoms with van der Waals surface area (Å²) < 4.78 is 1.23. The predicted molar refractivity (Wildman–Crippen MR) is 85.4 cm³/mol. The van der Waals surface area contributed by atoms with Crippen LogP contribution in [-0.4, -0.2) is 9.55 Å². The molecule has 0 fully saturated rings. The minimum Gasteiger partial charge on any atom is -0.342 e. The van der Waals surface area contributed by atoms with Gasteiger partial charge < -0.3 is 5.32 Å². The number of aryl methyl sites for hydroxylation is 2. The summed E-state index contributed by atoms with van der Waals surface area (Å²) in [5.74, 6) is 0.418. The lowest BCUT2D eigenvalue weighted by atomic mass is 10.1. The van der Waals surface area contributed by atoms with Gasteiger partial charge in [0.05, 0.1) is 0 Å². The number of rotatable bonds is 5. The van der Waals surface area contributed by atoms with Crippen LogP contribution < -0.4 is 16.6 Å². The first-order valence-corrected chi connectivity index (χ1v) is 7.19. The van der Waals surface area contributed by atoms with Crippen LogP contribution in [0.4, 0.5) is 11.5 Å². The molecule has 0 unspecified atom stereocenters. The van der Waals surface area contributed by atoms with Crippen LogP contribution in [0.15, 0.2) is 33.9 Å². The molecule has 5 heteroatoms. The largest absolute Gasteiger partial charge is 0.342 e. The Labute approximate surface area is 123 Å². The van der Waals surface area contributed by atoms with E-state index in [0.29, 0.717) is 12.4 Å². The molecule has 0 radical (unpaired) electrons. The van der Waals surface area contributed by atoms with Gasteiger partial charge in [-0.2, -0.15) is 0 Å². The average molecular weight is 287 g/mol. The maximum absolute atomic E-state index is 12.0. The van der Waals surface area contributed by atoms with Crippen LogP contribution in [0.25, 0.3) is 0 Å². The van der Waals surface area contributed by atoms with Crippen molar-refractivity contribution in [1.29, 1.82) is 0 Å². The van der Waals surface area contributed by atoms with Gasteiger partial charge in [0.25, 0.3) is 5.56 Å². The Morgan fingerprint density at radius 1 is 1.14 bits per heavy atom. The van der Waals surface area contributed by atoms with Gasteiger partial charge in [0, 0.05) is 18.3 Å². The van der Waals surface area contributed by atoms with Gasteiger partial charge in [0.1, 0.15) is 5.82 Å². The highest BCUT2D eigenvalue weighted by Gasteiger charge is 2.05.